The number of halogens is 1. The van der Waals surface area contributed by atoms with Gasteiger partial charge in [-0.2, -0.15) is 0 Å². The highest BCUT2D eigenvalue weighted by Crippen LogP contribution is 2.29. The van der Waals surface area contributed by atoms with Gasteiger partial charge in [0.1, 0.15) is 5.82 Å². The molecule has 0 aliphatic carbocycles. The molecule has 0 bridgehead atoms. The molecule has 1 N–H and O–H groups in total. The molecule has 78 valence electrons. The lowest BCUT2D eigenvalue weighted by Crippen LogP contribution is -2.14. The largest absolute Gasteiger partial charge is 0.313 e. The molecule has 0 heterocycles. The smallest absolute Gasteiger partial charge is 0.129 e. The van der Waals surface area contributed by atoms with Crippen molar-refractivity contribution in [3.63, 3.8) is 0 Å². The maximum absolute atomic E-state index is 13.6. The van der Waals surface area contributed by atoms with E-state index in [1.807, 2.05) is 20.0 Å². The predicted octanol–water partition coefficient (Wildman–Crippen LogP) is 3.22. The molecule has 0 saturated carbocycles. The summed E-state index contributed by atoms with van der Waals surface area (Å²) in [6.07, 6.45) is 0. The molecule has 1 aromatic rings. The lowest BCUT2D eigenvalue weighted by atomic mass is 10.1. The van der Waals surface area contributed by atoms with Crippen LogP contribution >= 0.6 is 11.8 Å². The Morgan fingerprint density at radius 2 is 2.21 bits per heavy atom. The summed E-state index contributed by atoms with van der Waals surface area (Å²) in [5, 5.41) is 3.07. The number of rotatable bonds is 4. The van der Waals surface area contributed by atoms with Gasteiger partial charge >= 0.3 is 0 Å². The lowest BCUT2D eigenvalue weighted by Gasteiger charge is -2.15. The fourth-order valence-electron chi connectivity index (χ4n) is 1.36. The van der Waals surface area contributed by atoms with Gasteiger partial charge in [-0.1, -0.05) is 13.0 Å². The van der Waals surface area contributed by atoms with Crippen LogP contribution < -0.4 is 5.32 Å². The standard InChI is InChI=1S/C11H16FNS/c1-4-14-10-7-5-6-9(12)11(10)8(2)13-3/h5-8,13H,4H2,1-3H3. The molecule has 0 aliphatic heterocycles. The first-order valence-electron chi connectivity index (χ1n) is 4.79. The van der Waals surface area contributed by atoms with Gasteiger partial charge in [-0.3, -0.25) is 0 Å². The first-order valence-corrected chi connectivity index (χ1v) is 5.77. The lowest BCUT2D eigenvalue weighted by molar-refractivity contribution is 0.552. The summed E-state index contributed by atoms with van der Waals surface area (Å²) in [5.74, 6) is 0.845. The van der Waals surface area contributed by atoms with Crippen molar-refractivity contribution in [1.82, 2.24) is 5.32 Å². The Kier molecular flexibility index (Phi) is 4.42. The first-order chi connectivity index (χ1) is 6.70. The summed E-state index contributed by atoms with van der Waals surface area (Å²) in [6.45, 7) is 4.04. The van der Waals surface area contributed by atoms with Crippen LogP contribution in [0.15, 0.2) is 23.1 Å². The summed E-state index contributed by atoms with van der Waals surface area (Å²) in [4.78, 5) is 1.04. The summed E-state index contributed by atoms with van der Waals surface area (Å²) in [6, 6.07) is 5.31. The highest BCUT2D eigenvalue weighted by molar-refractivity contribution is 7.99. The minimum Gasteiger partial charge on any atom is -0.313 e. The van der Waals surface area contributed by atoms with Gasteiger partial charge in [-0.05, 0) is 31.9 Å². The summed E-state index contributed by atoms with van der Waals surface area (Å²) < 4.78 is 13.6. The Balaban J connectivity index is 3.08. The van der Waals surface area contributed by atoms with Crippen molar-refractivity contribution in [3.8, 4) is 0 Å². The predicted molar refractivity (Wildman–Crippen MR) is 60.3 cm³/mol. The molecule has 0 aliphatic rings. The van der Waals surface area contributed by atoms with E-state index in [4.69, 9.17) is 0 Å². The van der Waals surface area contributed by atoms with E-state index in [0.717, 1.165) is 16.2 Å². The third-order valence-corrected chi connectivity index (χ3v) is 3.13. The van der Waals surface area contributed by atoms with Gasteiger partial charge in [-0.15, -0.1) is 11.8 Å². The van der Waals surface area contributed by atoms with Gasteiger partial charge in [0.15, 0.2) is 0 Å². The molecule has 0 amide bonds. The quantitative estimate of drug-likeness (QED) is 0.771. The average Bonchev–Trinajstić information content (AvgIpc) is 2.18. The van der Waals surface area contributed by atoms with E-state index < -0.39 is 0 Å². The van der Waals surface area contributed by atoms with Crippen molar-refractivity contribution in [2.24, 2.45) is 0 Å². The normalized spacial score (nSPS) is 12.9. The Bertz CT molecular complexity index is 301. The summed E-state index contributed by atoms with van der Waals surface area (Å²) >= 11 is 1.68. The number of thioether (sulfide) groups is 1. The summed E-state index contributed by atoms with van der Waals surface area (Å²) in [7, 11) is 1.84. The van der Waals surface area contributed by atoms with Crippen LogP contribution in [0.5, 0.6) is 0 Å². The van der Waals surface area contributed by atoms with Crippen LogP contribution in [0.3, 0.4) is 0 Å². The minimum absolute atomic E-state index is 0.0604. The van der Waals surface area contributed by atoms with Gasteiger partial charge in [-0.25, -0.2) is 4.39 Å². The van der Waals surface area contributed by atoms with Gasteiger partial charge in [0, 0.05) is 16.5 Å². The van der Waals surface area contributed by atoms with E-state index in [0.29, 0.717) is 0 Å². The molecular formula is C11H16FNS. The molecule has 1 unspecified atom stereocenters. The van der Waals surface area contributed by atoms with Crippen LogP contribution in [0.1, 0.15) is 25.5 Å². The fourth-order valence-corrected chi connectivity index (χ4v) is 2.28. The van der Waals surface area contributed by atoms with Gasteiger partial charge < -0.3 is 5.32 Å². The van der Waals surface area contributed by atoms with Crippen molar-refractivity contribution in [1.29, 1.82) is 0 Å². The van der Waals surface area contributed by atoms with Gasteiger partial charge in [0.05, 0.1) is 0 Å². The second kappa shape index (κ2) is 5.37. The Morgan fingerprint density at radius 3 is 2.79 bits per heavy atom. The average molecular weight is 213 g/mol. The molecule has 1 aromatic carbocycles. The molecule has 1 rings (SSSR count). The Morgan fingerprint density at radius 1 is 1.50 bits per heavy atom. The van der Waals surface area contributed by atoms with E-state index in [-0.39, 0.29) is 11.9 Å². The first kappa shape index (κ1) is 11.5. The zero-order valence-electron chi connectivity index (χ0n) is 8.80. The second-order valence-corrected chi connectivity index (χ2v) is 4.40. The van der Waals surface area contributed by atoms with E-state index in [2.05, 4.69) is 12.2 Å². The van der Waals surface area contributed by atoms with Crippen LogP contribution in [0, 0.1) is 5.82 Å². The van der Waals surface area contributed by atoms with Crippen molar-refractivity contribution in [3.05, 3.63) is 29.6 Å². The van der Waals surface area contributed by atoms with E-state index in [1.54, 1.807) is 17.8 Å². The molecule has 14 heavy (non-hydrogen) atoms. The molecule has 3 heteroatoms. The van der Waals surface area contributed by atoms with Crippen molar-refractivity contribution in [2.45, 2.75) is 24.8 Å². The SMILES string of the molecule is CCSc1cccc(F)c1C(C)NC. The maximum Gasteiger partial charge on any atom is 0.129 e. The van der Waals surface area contributed by atoms with Crippen LogP contribution in [0.4, 0.5) is 4.39 Å². The third-order valence-electron chi connectivity index (χ3n) is 2.18. The van der Waals surface area contributed by atoms with Gasteiger partial charge in [0.25, 0.3) is 0 Å². The molecule has 1 atom stereocenters. The molecule has 0 fully saturated rings. The van der Waals surface area contributed by atoms with Crippen LogP contribution in [-0.2, 0) is 0 Å². The van der Waals surface area contributed by atoms with Crippen LogP contribution in [0.2, 0.25) is 0 Å². The highest BCUT2D eigenvalue weighted by Gasteiger charge is 2.13. The maximum atomic E-state index is 13.6. The number of hydrogen-bond acceptors (Lipinski definition) is 2. The zero-order chi connectivity index (χ0) is 10.6. The molecule has 1 nitrogen and oxygen atoms in total. The van der Waals surface area contributed by atoms with E-state index >= 15 is 0 Å². The third kappa shape index (κ3) is 2.49. The highest BCUT2D eigenvalue weighted by atomic mass is 32.2. The molecular weight excluding hydrogens is 197 g/mol. The number of hydrogen-bond donors (Lipinski definition) is 1. The fraction of sp³-hybridized carbons (Fsp3) is 0.455. The summed E-state index contributed by atoms with van der Waals surface area (Å²) in [5.41, 5.74) is 0.779. The molecule has 0 spiro atoms. The van der Waals surface area contributed by atoms with Gasteiger partial charge in [0.2, 0.25) is 0 Å². The van der Waals surface area contributed by atoms with Crippen LogP contribution in [-0.4, -0.2) is 12.8 Å². The van der Waals surface area contributed by atoms with Crippen molar-refractivity contribution in [2.75, 3.05) is 12.8 Å². The number of benzene rings is 1. The topological polar surface area (TPSA) is 12.0 Å². The Hall–Kier alpha value is -0.540. The zero-order valence-corrected chi connectivity index (χ0v) is 9.62. The van der Waals surface area contributed by atoms with E-state index in [9.17, 15) is 4.39 Å². The number of nitrogens with one attached hydrogen (secondary N) is 1. The monoisotopic (exact) mass is 213 g/mol. The minimum atomic E-state index is -0.120. The van der Waals surface area contributed by atoms with E-state index in [1.165, 1.54) is 6.07 Å². The van der Waals surface area contributed by atoms with Crippen molar-refractivity contribution < 1.29 is 4.39 Å². The molecule has 0 radical (unpaired) electrons. The second-order valence-electron chi connectivity index (χ2n) is 3.10. The molecule has 0 saturated heterocycles. The van der Waals surface area contributed by atoms with Crippen molar-refractivity contribution >= 4 is 11.8 Å². The molecule has 0 aromatic heterocycles. The Labute approximate surface area is 89.1 Å². The van der Waals surface area contributed by atoms with Crippen LogP contribution in [0.25, 0.3) is 0 Å².